The molecule has 0 aliphatic heterocycles. The van der Waals surface area contributed by atoms with Gasteiger partial charge in [-0.05, 0) is 6.08 Å². The molecule has 0 saturated heterocycles. The van der Waals surface area contributed by atoms with E-state index in [9.17, 15) is 47.9 Å². The van der Waals surface area contributed by atoms with Gasteiger partial charge in [-0.1, -0.05) is 65.8 Å². The van der Waals surface area contributed by atoms with E-state index in [2.05, 4.69) is 65.8 Å². The summed E-state index contributed by atoms with van der Waals surface area (Å²) in [6.07, 6.45) is 8.96. The van der Waals surface area contributed by atoms with Gasteiger partial charge in [0, 0.05) is 54.7 Å². The third-order valence-electron chi connectivity index (χ3n) is 10.3. The summed E-state index contributed by atoms with van der Waals surface area (Å²) in [5, 5.41) is 0. The molecule has 0 atom stereocenters. The van der Waals surface area contributed by atoms with Gasteiger partial charge in [0.25, 0.3) is 0 Å². The first-order valence-corrected chi connectivity index (χ1v) is 23.9. The van der Waals surface area contributed by atoms with Crippen LogP contribution >= 0.6 is 0 Å². The highest BCUT2D eigenvalue weighted by atomic mass is 16.6. The minimum Gasteiger partial charge on any atom is -0.462 e. The van der Waals surface area contributed by atoms with Crippen LogP contribution in [0.25, 0.3) is 0 Å². The highest BCUT2D eigenvalue weighted by molar-refractivity contribution is 5.90. The molecule has 442 valence electrons. The molecule has 0 saturated carbocycles. The Morgan fingerprint density at radius 3 is 0.600 bits per heavy atom. The van der Waals surface area contributed by atoms with Crippen LogP contribution in [0.4, 0.5) is 0 Å². The Balaban J connectivity index is 6.57. The van der Waals surface area contributed by atoms with Crippen molar-refractivity contribution in [1.82, 2.24) is 0 Å². The largest absolute Gasteiger partial charge is 0.462 e. The number of carbonyl (C=O) groups is 10. The van der Waals surface area contributed by atoms with Crippen LogP contribution in [-0.2, 0) is 119 Å². The van der Waals surface area contributed by atoms with Crippen LogP contribution in [0.1, 0.15) is 0 Å². The molecule has 0 fully saturated rings. The molecule has 0 bridgehead atoms. The van der Waals surface area contributed by atoms with Gasteiger partial charge < -0.3 is 71.1 Å². The molecule has 0 radical (unpaired) electrons. The molecule has 0 spiro atoms. The van der Waals surface area contributed by atoms with Crippen LogP contribution in [0.3, 0.4) is 0 Å². The molecule has 0 aromatic heterocycles. The minimum absolute atomic E-state index is 0.0973. The molecular formula is C55H72O25. The molecule has 25 heteroatoms. The first-order chi connectivity index (χ1) is 38.2. The summed E-state index contributed by atoms with van der Waals surface area (Å²) in [6.45, 7) is 25.5. The number of hydrogen-bond acceptors (Lipinski definition) is 25. The Morgan fingerprint density at radius 1 is 0.225 bits per heavy atom. The van der Waals surface area contributed by atoms with Crippen LogP contribution in [0.5, 0.6) is 0 Å². The van der Waals surface area contributed by atoms with E-state index in [1.54, 1.807) is 0 Å². The summed E-state index contributed by atoms with van der Waals surface area (Å²) < 4.78 is 83.3. The van der Waals surface area contributed by atoms with Crippen LogP contribution < -0.4 is 0 Å². The van der Waals surface area contributed by atoms with Crippen molar-refractivity contribution in [3.8, 4) is 0 Å². The van der Waals surface area contributed by atoms with E-state index in [0.717, 1.165) is 60.8 Å². The summed E-state index contributed by atoms with van der Waals surface area (Å²) in [4.78, 5) is 122. The highest BCUT2D eigenvalue weighted by Gasteiger charge is 2.42. The molecule has 0 rings (SSSR count). The normalized spacial score (nSPS) is 11.1. The Kier molecular flexibility index (Phi) is 37.1. The maximum atomic E-state index is 12.4. The van der Waals surface area contributed by atoms with E-state index in [4.69, 9.17) is 71.1 Å². The van der Waals surface area contributed by atoms with Crippen molar-refractivity contribution in [2.45, 2.75) is 0 Å². The van der Waals surface area contributed by atoms with Crippen LogP contribution in [0, 0.1) is 21.7 Å². The number of rotatable bonds is 50. The van der Waals surface area contributed by atoms with E-state index in [1.807, 2.05) is 0 Å². The maximum absolute atomic E-state index is 12.4. The van der Waals surface area contributed by atoms with Crippen molar-refractivity contribution in [2.75, 3.05) is 139 Å². The zero-order valence-electron chi connectivity index (χ0n) is 44.9. The monoisotopic (exact) mass is 1130 g/mol. The molecular weight excluding hydrogens is 1060 g/mol. The number of hydrogen-bond donors (Lipinski definition) is 0. The Bertz CT molecular complexity index is 2040. The van der Waals surface area contributed by atoms with Gasteiger partial charge in [0.05, 0.1) is 94.3 Å². The van der Waals surface area contributed by atoms with Crippen molar-refractivity contribution in [2.24, 2.45) is 21.7 Å². The van der Waals surface area contributed by atoms with Gasteiger partial charge in [0.15, 0.2) is 5.78 Å². The standard InChI is InChI=1S/C55H72O25/c1-11-42(56)25-69-28-54(37-76-47(61)16-6,38-77-48(62)17-7)31-70-29-52(33-72-43(57)12-2,34-73-44(58)13-3)26-67-23-21-66-22-24-68-27-53(35-74-45(59)14-4,36-75-46(60)15-5)30-71-32-55(39-78-49(63)18-8,40-79-50(64)19-9)41-80-51(65)20-10/h11-20H,1-10,21-41H2. The number of ketones is 1. The van der Waals surface area contributed by atoms with Gasteiger partial charge >= 0.3 is 53.7 Å². The lowest BCUT2D eigenvalue weighted by molar-refractivity contribution is -0.170. The fourth-order valence-corrected chi connectivity index (χ4v) is 5.86. The predicted octanol–water partition coefficient (Wildman–Crippen LogP) is 2.35. The summed E-state index contributed by atoms with van der Waals surface area (Å²) in [5.74, 6) is -8.29. The van der Waals surface area contributed by atoms with E-state index in [0.29, 0.717) is 0 Å². The summed E-state index contributed by atoms with van der Waals surface area (Å²) in [6, 6.07) is 0. The predicted molar refractivity (Wildman–Crippen MR) is 280 cm³/mol. The van der Waals surface area contributed by atoms with Gasteiger partial charge in [0.1, 0.15) is 66.1 Å². The van der Waals surface area contributed by atoms with E-state index in [-0.39, 0.29) is 46.2 Å². The van der Waals surface area contributed by atoms with E-state index >= 15 is 0 Å². The van der Waals surface area contributed by atoms with Crippen molar-refractivity contribution < 1.29 is 119 Å². The molecule has 0 heterocycles. The fourth-order valence-electron chi connectivity index (χ4n) is 5.86. The van der Waals surface area contributed by atoms with Crippen LogP contribution in [-0.4, -0.2) is 198 Å². The number of ether oxygens (including phenoxy) is 15. The summed E-state index contributed by atoms with van der Waals surface area (Å²) >= 11 is 0. The molecule has 0 unspecified atom stereocenters. The number of carbonyl (C=O) groups excluding carboxylic acids is 10. The second-order valence-electron chi connectivity index (χ2n) is 17.2. The molecule has 0 aromatic carbocycles. The Labute approximate surface area is 464 Å². The third kappa shape index (κ3) is 31.5. The second-order valence-corrected chi connectivity index (χ2v) is 17.2. The van der Waals surface area contributed by atoms with Crippen molar-refractivity contribution in [3.63, 3.8) is 0 Å². The smallest absolute Gasteiger partial charge is 0.330 e. The highest BCUT2D eigenvalue weighted by Crippen LogP contribution is 2.28. The quantitative estimate of drug-likeness (QED) is 0.0365. The van der Waals surface area contributed by atoms with Crippen molar-refractivity contribution >= 4 is 59.5 Å². The molecule has 0 aliphatic rings. The Morgan fingerprint density at radius 2 is 0.400 bits per heavy atom. The van der Waals surface area contributed by atoms with Crippen molar-refractivity contribution in [1.29, 1.82) is 0 Å². The zero-order valence-corrected chi connectivity index (χ0v) is 44.9. The first kappa shape index (κ1) is 72.1. The van der Waals surface area contributed by atoms with Gasteiger partial charge in [0.2, 0.25) is 0 Å². The molecule has 0 N–H and O–H groups in total. The lowest BCUT2D eigenvalue weighted by Gasteiger charge is -2.35. The first-order valence-electron chi connectivity index (χ1n) is 23.9. The molecule has 0 aromatic rings. The SMILES string of the molecule is C=CC(=O)COCC(COCC(COCCOCCOCC(COCC(COC(=O)C=C)(COC(=O)C=C)COC(=O)C=C)(COC(=O)C=C)COC(=O)C=C)(COC(=O)C=C)COC(=O)C=C)(COC(=O)C=C)COC(=O)C=C. The van der Waals surface area contributed by atoms with E-state index < -0.39 is 174 Å². The van der Waals surface area contributed by atoms with Gasteiger partial charge in [-0.3, -0.25) is 4.79 Å². The molecule has 80 heavy (non-hydrogen) atoms. The maximum Gasteiger partial charge on any atom is 0.330 e. The van der Waals surface area contributed by atoms with Gasteiger partial charge in [-0.25, -0.2) is 43.2 Å². The van der Waals surface area contributed by atoms with Crippen LogP contribution in [0.2, 0.25) is 0 Å². The fraction of sp³-hybridized carbons (Fsp3) is 0.455. The Hall–Kier alpha value is -7.94. The summed E-state index contributed by atoms with van der Waals surface area (Å²) in [7, 11) is 0. The molecule has 0 amide bonds. The summed E-state index contributed by atoms with van der Waals surface area (Å²) in [5.41, 5.74) is -6.05. The van der Waals surface area contributed by atoms with Gasteiger partial charge in [-0.15, -0.1) is 0 Å². The number of esters is 9. The molecule has 25 nitrogen and oxygen atoms in total. The topological polar surface area (TPSA) is 309 Å². The third-order valence-corrected chi connectivity index (χ3v) is 10.3. The lowest BCUT2D eigenvalue weighted by Crippen LogP contribution is -2.47. The zero-order chi connectivity index (χ0) is 60.3. The molecule has 0 aliphatic carbocycles. The van der Waals surface area contributed by atoms with Crippen molar-refractivity contribution in [3.05, 3.63) is 127 Å². The minimum atomic E-state index is -1.57. The average molecular weight is 1130 g/mol. The van der Waals surface area contributed by atoms with Crippen LogP contribution in [0.15, 0.2) is 127 Å². The van der Waals surface area contributed by atoms with E-state index in [1.165, 1.54) is 0 Å². The van der Waals surface area contributed by atoms with Gasteiger partial charge in [-0.2, -0.15) is 0 Å². The average Bonchev–Trinajstić information content (AvgIpc) is 3.48. The second kappa shape index (κ2) is 41.2. The lowest BCUT2D eigenvalue weighted by atomic mass is 9.90.